The van der Waals surface area contributed by atoms with Gasteiger partial charge >= 0.3 is 21.1 Å². The van der Waals surface area contributed by atoms with Crippen LogP contribution in [-0.2, 0) is 26.5 Å². The molecular weight excluding hydrogens is 760 g/mol. The minimum Gasteiger partial charge on any atom is -0.508 e. The van der Waals surface area contributed by atoms with Gasteiger partial charge in [0.05, 0.1) is 11.2 Å². The van der Waals surface area contributed by atoms with Crippen molar-refractivity contribution in [1.29, 1.82) is 0 Å². The van der Waals surface area contributed by atoms with E-state index in [4.69, 9.17) is 0 Å². The Balaban J connectivity index is 0.00000351. The zero-order valence-corrected chi connectivity index (χ0v) is 30.8. The van der Waals surface area contributed by atoms with Crippen LogP contribution in [0, 0.1) is 25.5 Å². The molecule has 3 aliphatic heterocycles. The first kappa shape index (κ1) is 31.4. The van der Waals surface area contributed by atoms with Gasteiger partial charge in [-0.1, -0.05) is 56.8 Å². The molecule has 6 nitrogen and oxygen atoms in total. The second kappa shape index (κ2) is 11.0. The Morgan fingerprint density at radius 3 is 1.87 bits per heavy atom. The molecule has 0 spiro atoms. The van der Waals surface area contributed by atoms with E-state index in [2.05, 4.69) is 184 Å². The van der Waals surface area contributed by atoms with Crippen molar-refractivity contribution in [2.75, 3.05) is 28.8 Å². The van der Waals surface area contributed by atoms with E-state index in [1.807, 2.05) is 0 Å². The van der Waals surface area contributed by atoms with Gasteiger partial charge in [0.25, 0.3) is 0 Å². The van der Waals surface area contributed by atoms with E-state index in [-0.39, 0.29) is 26.5 Å². The molecule has 8 rings (SSSR count). The van der Waals surface area contributed by atoms with Gasteiger partial charge in [0.1, 0.15) is 0 Å². The topological polar surface area (TPSA) is 21.1 Å². The average Bonchev–Trinajstić information content (AvgIpc) is 3.62. The Bertz CT molecular complexity index is 2150. The predicted octanol–water partition coefficient (Wildman–Crippen LogP) is 9.71. The molecular formula is C40H40N6Pt. The summed E-state index contributed by atoms with van der Waals surface area (Å²) in [6.45, 7) is 19.9. The van der Waals surface area contributed by atoms with Crippen LogP contribution in [0.25, 0.3) is 27.5 Å². The first-order valence-electron chi connectivity index (χ1n) is 16.0. The first-order chi connectivity index (χ1) is 21.9. The maximum atomic E-state index is 3.92. The SMILES string of the molecule is CC1=C(C)N(c2[c-]c3c(cc2)-n2c4ccccc4c4cccc(c42)N3c2[c-]c(N3[CH-]N(C)C(C)=C3C)cc(C(C)(C)C)c2)[CH-]N1C.[Pt+4]. The smallest absolute Gasteiger partial charge is 0.508 e. The maximum absolute atomic E-state index is 3.92. The number of hydrogen-bond acceptors (Lipinski definition) is 5. The van der Waals surface area contributed by atoms with Crippen molar-refractivity contribution in [1.82, 2.24) is 14.4 Å². The van der Waals surface area contributed by atoms with Crippen LogP contribution in [-0.4, -0.2) is 28.5 Å². The number of fused-ring (bicyclic) bond motifs is 5. The zero-order valence-electron chi connectivity index (χ0n) is 28.5. The van der Waals surface area contributed by atoms with E-state index in [9.17, 15) is 0 Å². The number of para-hydroxylation sites is 2. The molecule has 0 aliphatic carbocycles. The Hall–Kier alpha value is -4.15. The quantitative estimate of drug-likeness (QED) is 0.166. The summed E-state index contributed by atoms with van der Waals surface area (Å²) in [7, 11) is 4.21. The van der Waals surface area contributed by atoms with E-state index in [0.717, 1.165) is 34.1 Å². The largest absolute Gasteiger partial charge is 4.00 e. The molecule has 0 saturated carbocycles. The van der Waals surface area contributed by atoms with Crippen LogP contribution < -0.4 is 14.7 Å². The Kier molecular flexibility index (Phi) is 7.33. The molecule has 7 heteroatoms. The molecule has 0 bridgehead atoms. The summed E-state index contributed by atoms with van der Waals surface area (Å²) < 4.78 is 2.42. The normalized spacial score (nSPS) is 16.3. The Labute approximate surface area is 293 Å². The van der Waals surface area contributed by atoms with Crippen molar-refractivity contribution in [3.63, 3.8) is 0 Å². The van der Waals surface area contributed by atoms with E-state index in [0.29, 0.717) is 0 Å². The maximum Gasteiger partial charge on any atom is 4.00 e. The van der Waals surface area contributed by atoms with E-state index in [1.165, 1.54) is 50.2 Å². The van der Waals surface area contributed by atoms with E-state index >= 15 is 0 Å². The predicted molar refractivity (Wildman–Crippen MR) is 191 cm³/mol. The third kappa shape index (κ3) is 4.63. The van der Waals surface area contributed by atoms with Gasteiger partial charge in [0.15, 0.2) is 0 Å². The molecule has 3 aliphatic rings. The van der Waals surface area contributed by atoms with Gasteiger partial charge in [0, 0.05) is 27.7 Å². The third-order valence-electron chi connectivity index (χ3n) is 10.1. The van der Waals surface area contributed by atoms with Gasteiger partial charge in [-0.3, -0.25) is 0 Å². The number of benzene rings is 4. The van der Waals surface area contributed by atoms with Crippen LogP contribution in [0.5, 0.6) is 0 Å². The summed E-state index contributed by atoms with van der Waals surface area (Å²) in [4.78, 5) is 11.2. The van der Waals surface area contributed by atoms with Gasteiger partial charge < -0.3 is 29.1 Å². The number of aromatic nitrogens is 1. The van der Waals surface area contributed by atoms with Crippen LogP contribution in [0.15, 0.2) is 89.5 Å². The molecule has 0 unspecified atom stereocenters. The minimum atomic E-state index is -0.0729. The second-order valence-corrected chi connectivity index (χ2v) is 13.9. The number of allylic oxidation sites excluding steroid dienone is 4. The van der Waals surface area contributed by atoms with Gasteiger partial charge in [-0.15, -0.1) is 53.3 Å². The molecule has 0 atom stereocenters. The molecule has 0 amide bonds. The number of rotatable bonds is 3. The summed E-state index contributed by atoms with van der Waals surface area (Å²) in [5.74, 6) is 0. The third-order valence-corrected chi connectivity index (χ3v) is 10.1. The van der Waals surface area contributed by atoms with Crippen LogP contribution in [0.4, 0.5) is 28.4 Å². The molecule has 0 fully saturated rings. The molecule has 4 aromatic carbocycles. The van der Waals surface area contributed by atoms with E-state index in [1.54, 1.807) is 0 Å². The summed E-state index contributed by atoms with van der Waals surface area (Å²) in [5.41, 5.74) is 14.7. The molecule has 0 radical (unpaired) electrons. The van der Waals surface area contributed by atoms with Crippen LogP contribution in [0.2, 0.25) is 0 Å². The van der Waals surface area contributed by atoms with Gasteiger partial charge in [0.2, 0.25) is 0 Å². The van der Waals surface area contributed by atoms with Crippen LogP contribution in [0.3, 0.4) is 0 Å². The number of anilines is 5. The Morgan fingerprint density at radius 2 is 1.23 bits per heavy atom. The molecule has 0 N–H and O–H groups in total. The van der Waals surface area contributed by atoms with Crippen molar-refractivity contribution in [2.24, 2.45) is 0 Å². The Morgan fingerprint density at radius 1 is 0.617 bits per heavy atom. The average molecular weight is 800 g/mol. The number of hydrogen-bond donors (Lipinski definition) is 0. The number of nitrogens with zero attached hydrogens (tertiary/aromatic N) is 6. The summed E-state index contributed by atoms with van der Waals surface area (Å²) in [6.07, 6.45) is 0. The van der Waals surface area contributed by atoms with Crippen molar-refractivity contribution in [3.8, 4) is 5.69 Å². The fourth-order valence-corrected chi connectivity index (χ4v) is 7.02. The molecule has 1 aromatic heterocycles. The minimum absolute atomic E-state index is 0. The first-order valence-corrected chi connectivity index (χ1v) is 16.0. The van der Waals surface area contributed by atoms with Gasteiger partial charge in [-0.05, 0) is 82.1 Å². The van der Waals surface area contributed by atoms with Crippen LogP contribution in [0.1, 0.15) is 54.0 Å². The molecule has 47 heavy (non-hydrogen) atoms. The fraction of sp³-hybridized carbons (Fsp3) is 0.250. The standard InChI is InChI=1S/C40H40N6.Pt/c1-25-27(3)43(23-41(25)8)30-17-18-36-38(22-30)45(37-16-12-14-34-33-13-10-11-15-35(33)46(36)39(34)37)32-20-29(40(5,6)7)19-31(21-32)44-24-42(9)26(2)28(44)4;/h10-20,23-24H,1-9H3;/q-4;+4. The van der Waals surface area contributed by atoms with Crippen molar-refractivity contribution in [3.05, 3.63) is 121 Å². The van der Waals surface area contributed by atoms with Gasteiger partial charge in [-0.25, -0.2) is 0 Å². The molecule has 240 valence electrons. The van der Waals surface area contributed by atoms with Crippen molar-refractivity contribution in [2.45, 2.75) is 53.9 Å². The van der Waals surface area contributed by atoms with Gasteiger partial charge in [-0.2, -0.15) is 13.3 Å². The second-order valence-electron chi connectivity index (χ2n) is 13.9. The van der Waals surface area contributed by atoms with Crippen molar-refractivity contribution >= 4 is 50.2 Å². The van der Waals surface area contributed by atoms with Crippen molar-refractivity contribution < 1.29 is 21.1 Å². The molecule has 4 heterocycles. The molecule has 0 saturated heterocycles. The summed E-state index contributed by atoms with van der Waals surface area (Å²) >= 11 is 0. The monoisotopic (exact) mass is 799 g/mol. The zero-order chi connectivity index (χ0) is 32.2. The summed E-state index contributed by atoms with van der Waals surface area (Å²) in [5, 5.41) is 2.49. The van der Waals surface area contributed by atoms with Crippen LogP contribution >= 0.6 is 0 Å². The fourth-order valence-electron chi connectivity index (χ4n) is 7.02. The molecule has 5 aromatic rings. The van der Waals surface area contributed by atoms with E-state index < -0.39 is 0 Å². The summed E-state index contributed by atoms with van der Waals surface area (Å²) in [6, 6.07) is 32.3.